The monoisotopic (exact) mass is 338 g/mol. The number of anilines is 1. The van der Waals surface area contributed by atoms with Crippen molar-refractivity contribution < 1.29 is 17.9 Å². The van der Waals surface area contributed by atoms with Gasteiger partial charge in [-0.15, -0.1) is 0 Å². The third kappa shape index (κ3) is 2.77. The maximum atomic E-state index is 12.9. The van der Waals surface area contributed by atoms with Crippen LogP contribution in [0.1, 0.15) is 33.6 Å². The Balaban J connectivity index is 1.90. The fraction of sp³-hybridized carbons (Fsp3) is 0.562. The highest BCUT2D eigenvalue weighted by Crippen LogP contribution is 2.34. The zero-order valence-electron chi connectivity index (χ0n) is 13.7. The van der Waals surface area contributed by atoms with E-state index in [1.165, 1.54) is 4.31 Å². The van der Waals surface area contributed by atoms with Gasteiger partial charge >= 0.3 is 0 Å². The number of rotatable bonds is 3. The van der Waals surface area contributed by atoms with E-state index < -0.39 is 21.8 Å². The third-order valence-corrected chi connectivity index (χ3v) is 6.56. The fourth-order valence-corrected chi connectivity index (χ4v) is 5.16. The largest absolute Gasteiger partial charge is 0.360 e. The van der Waals surface area contributed by atoms with Crippen molar-refractivity contribution in [2.24, 2.45) is 0 Å². The minimum Gasteiger partial charge on any atom is -0.360 e. The lowest BCUT2D eigenvalue weighted by molar-refractivity contribution is -0.117. The molecule has 2 saturated heterocycles. The van der Waals surface area contributed by atoms with E-state index >= 15 is 0 Å². The second-order valence-corrected chi connectivity index (χ2v) is 8.48. The van der Waals surface area contributed by atoms with Crippen LogP contribution >= 0.6 is 0 Å². The van der Waals surface area contributed by atoms with Crippen molar-refractivity contribution in [3.8, 4) is 0 Å². The van der Waals surface area contributed by atoms with Gasteiger partial charge < -0.3 is 9.64 Å². The molecule has 0 bridgehead atoms. The zero-order valence-corrected chi connectivity index (χ0v) is 14.5. The Labute approximate surface area is 137 Å². The molecule has 2 fully saturated rings. The molecular formula is C16H22N2O4S. The highest BCUT2D eigenvalue weighted by atomic mass is 32.2. The first-order chi connectivity index (χ1) is 10.7. The number of amides is 1. The first kappa shape index (κ1) is 16.4. The quantitative estimate of drug-likeness (QED) is 0.845. The summed E-state index contributed by atoms with van der Waals surface area (Å²) in [6, 6.07) is 6.53. The van der Waals surface area contributed by atoms with E-state index in [1.807, 2.05) is 13.8 Å². The first-order valence-corrected chi connectivity index (χ1v) is 9.24. The summed E-state index contributed by atoms with van der Waals surface area (Å²) in [5.41, 5.74) is 0.165. The van der Waals surface area contributed by atoms with E-state index in [9.17, 15) is 13.2 Å². The van der Waals surface area contributed by atoms with Gasteiger partial charge in [0.05, 0.1) is 17.0 Å². The summed E-state index contributed by atoms with van der Waals surface area (Å²) in [5.74, 6) is 0.0864. The molecule has 0 N–H and O–H groups in total. The summed E-state index contributed by atoms with van der Waals surface area (Å²) >= 11 is 0. The van der Waals surface area contributed by atoms with Crippen LogP contribution in [0, 0.1) is 0 Å². The van der Waals surface area contributed by atoms with E-state index in [1.54, 1.807) is 36.1 Å². The molecule has 23 heavy (non-hydrogen) atoms. The molecule has 6 nitrogen and oxygen atoms in total. The third-order valence-electron chi connectivity index (χ3n) is 4.38. The van der Waals surface area contributed by atoms with Crippen LogP contribution in [0.15, 0.2) is 29.2 Å². The molecular weight excluding hydrogens is 316 g/mol. The predicted molar refractivity (Wildman–Crippen MR) is 86.5 cm³/mol. The van der Waals surface area contributed by atoms with Gasteiger partial charge in [-0.3, -0.25) is 4.79 Å². The summed E-state index contributed by atoms with van der Waals surface area (Å²) in [7, 11) is -3.64. The van der Waals surface area contributed by atoms with Crippen LogP contribution in [0.25, 0.3) is 0 Å². The summed E-state index contributed by atoms with van der Waals surface area (Å²) in [6.07, 6.45) is 0.905. The van der Waals surface area contributed by atoms with Crippen molar-refractivity contribution in [1.29, 1.82) is 0 Å². The van der Waals surface area contributed by atoms with E-state index in [0.717, 1.165) is 12.1 Å². The molecule has 1 aromatic carbocycles. The number of benzene rings is 1. The molecule has 0 radical (unpaired) electrons. The van der Waals surface area contributed by atoms with Crippen LogP contribution in [0.4, 0.5) is 5.69 Å². The summed E-state index contributed by atoms with van der Waals surface area (Å²) in [6.45, 7) is 6.50. The Hall–Kier alpha value is -1.44. The Bertz CT molecular complexity index is 712. The number of carbonyl (C=O) groups excluding carboxylic acids is 1. The number of hydrogen-bond acceptors (Lipinski definition) is 4. The second kappa shape index (κ2) is 5.58. The topological polar surface area (TPSA) is 66.9 Å². The summed E-state index contributed by atoms with van der Waals surface area (Å²) < 4.78 is 32.8. The van der Waals surface area contributed by atoms with Crippen molar-refractivity contribution in [3.63, 3.8) is 0 Å². The van der Waals surface area contributed by atoms with Crippen molar-refractivity contribution in [1.82, 2.24) is 4.31 Å². The van der Waals surface area contributed by atoms with Crippen LogP contribution in [-0.4, -0.2) is 43.5 Å². The van der Waals surface area contributed by atoms with E-state index in [-0.39, 0.29) is 10.8 Å². The maximum Gasteiger partial charge on any atom is 0.245 e. The summed E-state index contributed by atoms with van der Waals surface area (Å²) in [5, 5.41) is 0. The van der Waals surface area contributed by atoms with Gasteiger partial charge in [-0.25, -0.2) is 8.42 Å². The van der Waals surface area contributed by atoms with Crippen LogP contribution in [0.5, 0.6) is 0 Å². The second-order valence-electron chi connectivity index (χ2n) is 6.67. The number of ether oxygens (including phenoxy) is 1. The van der Waals surface area contributed by atoms with Gasteiger partial charge in [0, 0.05) is 18.7 Å². The molecule has 1 aromatic rings. The van der Waals surface area contributed by atoms with Gasteiger partial charge in [0.15, 0.2) is 0 Å². The van der Waals surface area contributed by atoms with Gasteiger partial charge in [-0.05, 0) is 51.5 Å². The van der Waals surface area contributed by atoms with Crippen LogP contribution in [0.2, 0.25) is 0 Å². The molecule has 2 aliphatic heterocycles. The molecule has 2 aliphatic rings. The molecule has 1 unspecified atom stereocenters. The smallest absolute Gasteiger partial charge is 0.245 e. The van der Waals surface area contributed by atoms with Crippen LogP contribution in [-0.2, 0) is 19.6 Å². The summed E-state index contributed by atoms with van der Waals surface area (Å²) in [4.78, 5) is 13.7. The Morgan fingerprint density at radius 2 is 1.87 bits per heavy atom. The molecule has 1 amide bonds. The highest BCUT2D eigenvalue weighted by molar-refractivity contribution is 7.89. The maximum absolute atomic E-state index is 12.9. The molecule has 3 rings (SSSR count). The van der Waals surface area contributed by atoms with Crippen molar-refractivity contribution >= 4 is 21.6 Å². The van der Waals surface area contributed by atoms with E-state index in [4.69, 9.17) is 4.74 Å². The number of sulfonamides is 1. The number of nitrogens with zero attached hydrogens (tertiary/aromatic N) is 2. The standard InChI is InChI=1S/C16H22N2O4S/c1-12-18(16(2,3)11-22-12)23(20,21)14-8-6-13(7-9-14)17-10-4-5-15(17)19/h6-9,12H,4-5,10-11H2,1-3H3. The zero-order chi connectivity index (χ0) is 16.8. The molecule has 0 saturated carbocycles. The molecule has 1 atom stereocenters. The van der Waals surface area contributed by atoms with Gasteiger partial charge in [0.25, 0.3) is 0 Å². The van der Waals surface area contributed by atoms with Crippen molar-refractivity contribution in [2.75, 3.05) is 18.1 Å². The van der Waals surface area contributed by atoms with Gasteiger partial charge in [0.1, 0.15) is 6.23 Å². The first-order valence-electron chi connectivity index (χ1n) is 7.80. The average molecular weight is 338 g/mol. The minimum atomic E-state index is -3.64. The molecule has 0 spiro atoms. The average Bonchev–Trinajstić information content (AvgIpc) is 3.02. The van der Waals surface area contributed by atoms with Gasteiger partial charge in [0.2, 0.25) is 15.9 Å². The predicted octanol–water partition coefficient (Wildman–Crippen LogP) is 1.96. The molecule has 2 heterocycles. The molecule has 126 valence electrons. The van der Waals surface area contributed by atoms with E-state index in [0.29, 0.717) is 19.6 Å². The van der Waals surface area contributed by atoms with Gasteiger partial charge in [-0.2, -0.15) is 4.31 Å². The van der Waals surface area contributed by atoms with Crippen LogP contribution in [0.3, 0.4) is 0 Å². The lowest BCUT2D eigenvalue weighted by atomic mass is 10.1. The highest BCUT2D eigenvalue weighted by Gasteiger charge is 2.46. The Kier molecular flexibility index (Phi) is 3.98. The number of hydrogen-bond donors (Lipinski definition) is 0. The number of carbonyl (C=O) groups is 1. The Morgan fingerprint density at radius 1 is 1.22 bits per heavy atom. The molecule has 7 heteroatoms. The normalized spacial score (nSPS) is 25.3. The van der Waals surface area contributed by atoms with Crippen molar-refractivity contribution in [3.05, 3.63) is 24.3 Å². The lowest BCUT2D eigenvalue weighted by Crippen LogP contribution is -2.47. The van der Waals surface area contributed by atoms with Gasteiger partial charge in [-0.1, -0.05) is 0 Å². The van der Waals surface area contributed by atoms with E-state index in [2.05, 4.69) is 0 Å². The lowest BCUT2D eigenvalue weighted by Gasteiger charge is -2.31. The Morgan fingerprint density at radius 3 is 2.35 bits per heavy atom. The van der Waals surface area contributed by atoms with Crippen molar-refractivity contribution in [2.45, 2.75) is 50.3 Å². The molecule has 0 aromatic heterocycles. The van der Waals surface area contributed by atoms with Crippen LogP contribution < -0.4 is 4.90 Å². The minimum absolute atomic E-state index is 0.0864. The SMILES string of the molecule is CC1OCC(C)(C)N1S(=O)(=O)c1ccc(N2CCCC2=O)cc1. The molecule has 0 aliphatic carbocycles. The fourth-order valence-electron chi connectivity index (χ4n) is 3.30.